The normalized spacial score (nSPS) is 20.0. The van der Waals surface area contributed by atoms with Crippen molar-refractivity contribution in [1.29, 1.82) is 0 Å². The van der Waals surface area contributed by atoms with Crippen LogP contribution >= 0.6 is 0 Å². The van der Waals surface area contributed by atoms with E-state index >= 15 is 0 Å². The van der Waals surface area contributed by atoms with E-state index in [1.54, 1.807) is 11.0 Å². The number of amides is 1. The minimum absolute atomic E-state index is 0.0286. The van der Waals surface area contributed by atoms with Gasteiger partial charge in [-0.2, -0.15) is 0 Å². The number of hydrogen-bond donors (Lipinski definition) is 2. The third-order valence-corrected chi connectivity index (χ3v) is 5.06. The minimum atomic E-state index is -1.13. The van der Waals surface area contributed by atoms with Crippen molar-refractivity contribution in [3.8, 4) is 12.3 Å². The lowest BCUT2D eigenvalue weighted by Crippen LogP contribution is -2.45. The lowest BCUT2D eigenvalue weighted by Gasteiger charge is -2.38. The Hall–Kier alpha value is -2.89. The Kier molecular flexibility index (Phi) is 4.13. The van der Waals surface area contributed by atoms with Gasteiger partial charge in [-0.1, -0.05) is 12.0 Å². The van der Waals surface area contributed by atoms with E-state index in [1.807, 2.05) is 0 Å². The van der Waals surface area contributed by atoms with Crippen LogP contribution in [0.2, 0.25) is 0 Å². The van der Waals surface area contributed by atoms with E-state index in [0.717, 1.165) is 25.2 Å². The molecule has 2 aliphatic rings. The molecule has 0 radical (unpaired) electrons. The van der Waals surface area contributed by atoms with E-state index in [2.05, 4.69) is 21.2 Å². The number of hydrogen-bond acceptors (Lipinski definition) is 5. The Morgan fingerprint density at radius 3 is 2.70 bits per heavy atom. The maximum atomic E-state index is 14.8. The molecule has 2 N–H and O–H groups in total. The van der Waals surface area contributed by atoms with Gasteiger partial charge in [-0.05, 0) is 18.9 Å². The van der Waals surface area contributed by atoms with Gasteiger partial charge in [0.25, 0.3) is 0 Å². The van der Waals surface area contributed by atoms with Crippen molar-refractivity contribution in [1.82, 2.24) is 14.9 Å². The number of carbonyl (C=O) groups is 1. The van der Waals surface area contributed by atoms with Gasteiger partial charge in [-0.3, -0.25) is 15.0 Å². The van der Waals surface area contributed by atoms with Crippen LogP contribution < -0.4 is 5.32 Å². The number of benzene rings is 1. The summed E-state index contributed by atoms with van der Waals surface area (Å²) < 4.78 is 27.6. The van der Waals surface area contributed by atoms with Crippen molar-refractivity contribution in [2.45, 2.75) is 24.5 Å². The van der Waals surface area contributed by atoms with Gasteiger partial charge in [0.2, 0.25) is 11.9 Å². The first-order chi connectivity index (χ1) is 12.9. The average molecular weight is 370 g/mol. The highest BCUT2D eigenvalue weighted by Gasteiger charge is 2.53. The van der Waals surface area contributed by atoms with Crippen molar-refractivity contribution in [3.05, 3.63) is 52.9 Å². The van der Waals surface area contributed by atoms with Crippen LogP contribution in [0.1, 0.15) is 35.8 Å². The molecule has 1 atom stereocenters. The summed E-state index contributed by atoms with van der Waals surface area (Å²) in [6.07, 6.45) is 7.63. The first kappa shape index (κ1) is 17.5. The van der Waals surface area contributed by atoms with E-state index in [-0.39, 0.29) is 18.1 Å². The largest absolute Gasteiger partial charge is 0.374 e. The second kappa shape index (κ2) is 6.37. The van der Waals surface area contributed by atoms with Crippen LogP contribution in [0.15, 0.2) is 24.5 Å². The summed E-state index contributed by atoms with van der Waals surface area (Å²) in [7, 11) is 0. The molecular formula is C19H16F2N4O2. The summed E-state index contributed by atoms with van der Waals surface area (Å²) in [6, 6.07) is 3.08. The molecule has 1 unspecified atom stereocenters. The zero-order chi connectivity index (χ0) is 19.2. The summed E-state index contributed by atoms with van der Waals surface area (Å²) in [5.74, 6) is 0.766. The van der Waals surface area contributed by atoms with Gasteiger partial charge < -0.3 is 5.11 Å². The standard InChI is InChI=1S/C19H16F2N4O2/c1-2-11-3-4-13-15(16(11)21)19(5-6-19)10-25(17(13)27)9-14(26)24-18-22-7-12(20)8-23-18/h1,3-4,7-8,17,27H,5-6,9-10H2,(H,22,23,24,26). The minimum Gasteiger partial charge on any atom is -0.374 e. The van der Waals surface area contributed by atoms with Crippen LogP contribution in [-0.2, 0) is 10.2 Å². The van der Waals surface area contributed by atoms with E-state index in [9.17, 15) is 18.7 Å². The fourth-order valence-corrected chi connectivity index (χ4v) is 3.63. The summed E-state index contributed by atoms with van der Waals surface area (Å²) >= 11 is 0. The maximum Gasteiger partial charge on any atom is 0.241 e. The fraction of sp³-hybridized carbons (Fsp3) is 0.316. The Labute approximate surface area is 154 Å². The Bertz CT molecular complexity index is 951. The Morgan fingerprint density at radius 1 is 1.37 bits per heavy atom. The molecule has 2 heterocycles. The number of nitrogens with one attached hydrogen (secondary N) is 1. The van der Waals surface area contributed by atoms with Gasteiger partial charge in [0.05, 0.1) is 24.5 Å². The highest BCUT2D eigenvalue weighted by atomic mass is 19.1. The average Bonchev–Trinajstić information content (AvgIpc) is 3.41. The quantitative estimate of drug-likeness (QED) is 0.805. The molecule has 6 nitrogen and oxygen atoms in total. The highest BCUT2D eigenvalue weighted by Crippen LogP contribution is 2.55. The van der Waals surface area contributed by atoms with Crippen molar-refractivity contribution >= 4 is 11.9 Å². The van der Waals surface area contributed by atoms with Crippen LogP contribution in [0.4, 0.5) is 14.7 Å². The topological polar surface area (TPSA) is 78.4 Å². The molecule has 138 valence electrons. The van der Waals surface area contributed by atoms with Crippen molar-refractivity contribution in [2.24, 2.45) is 0 Å². The lowest BCUT2D eigenvalue weighted by molar-refractivity contribution is -0.121. The van der Waals surface area contributed by atoms with Gasteiger partial charge >= 0.3 is 0 Å². The molecular weight excluding hydrogens is 354 g/mol. The number of fused-ring (bicyclic) bond motifs is 2. The van der Waals surface area contributed by atoms with Crippen molar-refractivity contribution < 1.29 is 18.7 Å². The molecule has 4 rings (SSSR count). The van der Waals surface area contributed by atoms with E-state index in [1.165, 1.54) is 6.07 Å². The summed E-state index contributed by atoms with van der Waals surface area (Å²) in [4.78, 5) is 21.2. The van der Waals surface area contributed by atoms with Crippen LogP contribution in [-0.4, -0.2) is 39.0 Å². The second-order valence-electron chi connectivity index (χ2n) is 6.87. The predicted molar refractivity (Wildman–Crippen MR) is 92.4 cm³/mol. The fourth-order valence-electron chi connectivity index (χ4n) is 3.63. The van der Waals surface area contributed by atoms with Crippen molar-refractivity contribution in [2.75, 3.05) is 18.4 Å². The van der Waals surface area contributed by atoms with E-state index in [0.29, 0.717) is 17.7 Å². The molecule has 8 heteroatoms. The molecule has 0 saturated heterocycles. The van der Waals surface area contributed by atoms with Gasteiger partial charge in [0.15, 0.2) is 5.82 Å². The lowest BCUT2D eigenvalue weighted by atomic mass is 9.84. The maximum absolute atomic E-state index is 14.8. The van der Waals surface area contributed by atoms with E-state index in [4.69, 9.17) is 6.42 Å². The first-order valence-corrected chi connectivity index (χ1v) is 8.42. The van der Waals surface area contributed by atoms with E-state index < -0.39 is 29.2 Å². The molecule has 1 aromatic heterocycles. The molecule has 1 spiro atoms. The molecule has 1 saturated carbocycles. The number of aliphatic hydroxyl groups excluding tert-OH is 1. The Balaban J connectivity index is 1.56. The molecule has 1 aliphatic carbocycles. The number of terminal acetylenes is 1. The SMILES string of the molecule is C#Cc1ccc2c(c1F)C1(CC1)CN(CC(=O)Nc1ncc(F)cn1)C2O. The van der Waals surface area contributed by atoms with Gasteiger partial charge in [-0.25, -0.2) is 18.7 Å². The molecule has 1 aliphatic heterocycles. The van der Waals surface area contributed by atoms with Gasteiger partial charge in [0, 0.05) is 23.1 Å². The molecule has 2 aromatic rings. The third-order valence-electron chi connectivity index (χ3n) is 5.06. The summed E-state index contributed by atoms with van der Waals surface area (Å²) in [5, 5.41) is 13.1. The summed E-state index contributed by atoms with van der Waals surface area (Å²) in [6.45, 7) is 0.200. The molecule has 1 fully saturated rings. The second-order valence-corrected chi connectivity index (χ2v) is 6.87. The summed E-state index contributed by atoms with van der Waals surface area (Å²) in [5.41, 5.74) is 0.634. The number of carbonyl (C=O) groups excluding carboxylic acids is 1. The number of halogens is 2. The van der Waals surface area contributed by atoms with Crippen molar-refractivity contribution in [3.63, 3.8) is 0 Å². The van der Waals surface area contributed by atoms with Crippen LogP contribution in [0.5, 0.6) is 0 Å². The predicted octanol–water partition coefficient (Wildman–Crippen LogP) is 1.71. The molecule has 1 aromatic carbocycles. The zero-order valence-electron chi connectivity index (χ0n) is 14.2. The van der Waals surface area contributed by atoms with Gasteiger partial charge in [-0.15, -0.1) is 6.42 Å². The third kappa shape index (κ3) is 3.05. The Morgan fingerprint density at radius 2 is 2.07 bits per heavy atom. The molecule has 1 amide bonds. The van der Waals surface area contributed by atoms with Gasteiger partial charge in [0.1, 0.15) is 12.0 Å². The van der Waals surface area contributed by atoms with Crippen LogP contribution in [0.25, 0.3) is 0 Å². The van der Waals surface area contributed by atoms with Crippen LogP contribution in [0.3, 0.4) is 0 Å². The zero-order valence-corrected chi connectivity index (χ0v) is 14.2. The van der Waals surface area contributed by atoms with Crippen LogP contribution in [0, 0.1) is 24.0 Å². The number of aliphatic hydroxyl groups is 1. The number of aromatic nitrogens is 2. The molecule has 0 bridgehead atoms. The first-order valence-electron chi connectivity index (χ1n) is 8.42. The molecule has 27 heavy (non-hydrogen) atoms. The number of rotatable bonds is 3. The monoisotopic (exact) mass is 370 g/mol. The highest BCUT2D eigenvalue weighted by molar-refractivity contribution is 5.90. The smallest absolute Gasteiger partial charge is 0.241 e. The number of anilines is 1. The number of nitrogens with zero attached hydrogens (tertiary/aromatic N) is 3.